The standard InChI is InChI=1S/C29H29ClN4O/c1-20(33-28(15-16-31)23-9-11-24(12-10-23)29(35)34(2)3)27(18-21-7-13-26(30)14-8-21)25-6-4-5-22(17-25)19-32/h4-14,17,20,27-28,33H,15,18H2,1-3H3/t20-,27+,28?/m0/s1. The molecule has 0 fully saturated rings. The first kappa shape index (κ1) is 26.0. The van der Waals surface area contributed by atoms with Crippen molar-refractivity contribution in [1.82, 2.24) is 10.2 Å². The van der Waals surface area contributed by atoms with Gasteiger partial charge in [-0.3, -0.25) is 4.79 Å². The third-order valence-electron chi connectivity index (χ3n) is 6.14. The summed E-state index contributed by atoms with van der Waals surface area (Å²) in [5, 5.41) is 23.3. The van der Waals surface area contributed by atoms with Crippen molar-refractivity contribution in [3.63, 3.8) is 0 Å². The average Bonchev–Trinajstić information content (AvgIpc) is 2.87. The molecule has 35 heavy (non-hydrogen) atoms. The Bertz CT molecular complexity index is 1220. The van der Waals surface area contributed by atoms with Crippen LogP contribution < -0.4 is 5.32 Å². The summed E-state index contributed by atoms with van der Waals surface area (Å²) in [6.07, 6.45) is 1.03. The molecule has 0 aliphatic rings. The minimum Gasteiger partial charge on any atom is -0.345 e. The fourth-order valence-corrected chi connectivity index (χ4v) is 4.34. The molecule has 0 aromatic heterocycles. The zero-order valence-electron chi connectivity index (χ0n) is 20.2. The lowest BCUT2D eigenvalue weighted by molar-refractivity contribution is 0.0827. The van der Waals surface area contributed by atoms with Gasteiger partial charge in [-0.15, -0.1) is 0 Å². The SMILES string of the molecule is C[C@H](NC(CC#N)c1ccc(C(=O)N(C)C)cc1)[C@@H](Cc1ccc(Cl)cc1)c1cccc(C#N)c1. The van der Waals surface area contributed by atoms with Crippen molar-refractivity contribution >= 4 is 17.5 Å². The Morgan fingerprint density at radius 1 is 1.00 bits per heavy atom. The maximum Gasteiger partial charge on any atom is 0.253 e. The molecule has 0 aliphatic carbocycles. The summed E-state index contributed by atoms with van der Waals surface area (Å²) in [4.78, 5) is 13.8. The fourth-order valence-electron chi connectivity index (χ4n) is 4.21. The molecule has 0 saturated heterocycles. The highest BCUT2D eigenvalue weighted by atomic mass is 35.5. The molecule has 6 heteroatoms. The first-order chi connectivity index (χ1) is 16.8. The predicted molar refractivity (Wildman–Crippen MR) is 139 cm³/mol. The number of carbonyl (C=O) groups excluding carboxylic acids is 1. The van der Waals surface area contributed by atoms with Crippen LogP contribution in [-0.4, -0.2) is 30.9 Å². The molecule has 1 amide bonds. The lowest BCUT2D eigenvalue weighted by Crippen LogP contribution is -2.36. The number of nitrogens with zero attached hydrogens (tertiary/aromatic N) is 3. The van der Waals surface area contributed by atoms with Crippen LogP contribution in [0.2, 0.25) is 5.02 Å². The Morgan fingerprint density at radius 2 is 1.69 bits per heavy atom. The van der Waals surface area contributed by atoms with E-state index in [1.165, 1.54) is 0 Å². The van der Waals surface area contributed by atoms with E-state index in [1.54, 1.807) is 37.2 Å². The number of benzene rings is 3. The molecule has 0 saturated carbocycles. The second-order valence-corrected chi connectivity index (χ2v) is 9.30. The molecule has 0 aliphatic heterocycles. The van der Waals surface area contributed by atoms with Crippen molar-refractivity contribution in [3.8, 4) is 12.1 Å². The molecule has 3 aromatic rings. The van der Waals surface area contributed by atoms with E-state index < -0.39 is 0 Å². The van der Waals surface area contributed by atoms with Gasteiger partial charge in [-0.05, 0) is 66.4 Å². The van der Waals surface area contributed by atoms with E-state index in [9.17, 15) is 15.3 Å². The molecule has 1 N–H and O–H groups in total. The molecule has 0 radical (unpaired) electrons. The molecular weight excluding hydrogens is 456 g/mol. The van der Waals surface area contributed by atoms with Gasteiger partial charge in [0.1, 0.15) is 0 Å². The zero-order valence-corrected chi connectivity index (χ0v) is 21.0. The largest absolute Gasteiger partial charge is 0.345 e. The first-order valence-corrected chi connectivity index (χ1v) is 11.9. The average molecular weight is 485 g/mol. The van der Waals surface area contributed by atoms with Gasteiger partial charge in [0.05, 0.1) is 24.1 Å². The number of carbonyl (C=O) groups is 1. The minimum absolute atomic E-state index is 0.0129. The predicted octanol–water partition coefficient (Wildman–Crippen LogP) is 5.87. The van der Waals surface area contributed by atoms with E-state index in [4.69, 9.17) is 11.6 Å². The molecule has 5 nitrogen and oxygen atoms in total. The first-order valence-electron chi connectivity index (χ1n) is 11.5. The van der Waals surface area contributed by atoms with Crippen LogP contribution in [0.25, 0.3) is 0 Å². The van der Waals surface area contributed by atoms with Crippen molar-refractivity contribution in [2.24, 2.45) is 0 Å². The fraction of sp³-hybridized carbons (Fsp3) is 0.276. The summed E-state index contributed by atoms with van der Waals surface area (Å²) in [6.45, 7) is 2.11. The van der Waals surface area contributed by atoms with E-state index in [1.807, 2.05) is 54.6 Å². The van der Waals surface area contributed by atoms with Crippen LogP contribution >= 0.6 is 11.6 Å². The van der Waals surface area contributed by atoms with E-state index >= 15 is 0 Å². The van der Waals surface area contributed by atoms with Crippen LogP contribution in [0.15, 0.2) is 72.8 Å². The summed E-state index contributed by atoms with van der Waals surface area (Å²) < 4.78 is 0. The third-order valence-corrected chi connectivity index (χ3v) is 6.39. The second kappa shape index (κ2) is 12.2. The van der Waals surface area contributed by atoms with Crippen molar-refractivity contribution in [2.45, 2.75) is 37.8 Å². The van der Waals surface area contributed by atoms with Crippen molar-refractivity contribution in [2.75, 3.05) is 14.1 Å². The molecule has 0 heterocycles. The normalized spacial score (nSPS) is 13.2. The molecule has 3 atom stereocenters. The van der Waals surface area contributed by atoms with E-state index in [0.717, 1.165) is 23.1 Å². The van der Waals surface area contributed by atoms with Crippen LogP contribution in [0.1, 0.15) is 57.9 Å². The van der Waals surface area contributed by atoms with Gasteiger partial charge in [0.25, 0.3) is 5.91 Å². The highest BCUT2D eigenvalue weighted by Gasteiger charge is 2.24. The molecule has 0 spiro atoms. The monoisotopic (exact) mass is 484 g/mol. The van der Waals surface area contributed by atoms with E-state index in [-0.39, 0.29) is 30.3 Å². The van der Waals surface area contributed by atoms with Crippen molar-refractivity contribution in [1.29, 1.82) is 10.5 Å². The number of rotatable bonds is 9. The number of halogens is 1. The highest BCUT2D eigenvalue weighted by Crippen LogP contribution is 2.29. The Labute approximate surface area is 212 Å². The summed E-state index contributed by atoms with van der Waals surface area (Å²) in [7, 11) is 3.44. The second-order valence-electron chi connectivity index (χ2n) is 8.87. The quantitative estimate of drug-likeness (QED) is 0.411. The van der Waals surface area contributed by atoms with Crippen molar-refractivity contribution in [3.05, 3.63) is 106 Å². The third kappa shape index (κ3) is 6.93. The van der Waals surface area contributed by atoms with Gasteiger partial charge >= 0.3 is 0 Å². The zero-order chi connectivity index (χ0) is 25.4. The Morgan fingerprint density at radius 3 is 2.29 bits per heavy atom. The summed E-state index contributed by atoms with van der Waals surface area (Å²) in [5.41, 5.74) is 4.37. The number of nitrogens with one attached hydrogen (secondary N) is 1. The number of hydrogen-bond acceptors (Lipinski definition) is 4. The summed E-state index contributed by atoms with van der Waals surface area (Å²) in [5.74, 6) is -0.00428. The van der Waals surface area contributed by atoms with E-state index in [2.05, 4.69) is 24.4 Å². The van der Waals surface area contributed by atoms with Gasteiger partial charge in [-0.1, -0.05) is 48.0 Å². The van der Waals surface area contributed by atoms with Crippen LogP contribution in [0.4, 0.5) is 0 Å². The summed E-state index contributed by atoms with van der Waals surface area (Å²) in [6, 6.07) is 27.2. The summed E-state index contributed by atoms with van der Waals surface area (Å²) >= 11 is 6.08. The molecule has 1 unspecified atom stereocenters. The van der Waals surface area contributed by atoms with Gasteiger partial charge < -0.3 is 10.2 Å². The molecule has 178 valence electrons. The highest BCUT2D eigenvalue weighted by molar-refractivity contribution is 6.30. The van der Waals surface area contributed by atoms with Gasteiger partial charge in [0.2, 0.25) is 0 Å². The number of hydrogen-bond donors (Lipinski definition) is 1. The lowest BCUT2D eigenvalue weighted by Gasteiger charge is -2.30. The van der Waals surface area contributed by atoms with Crippen LogP contribution in [0.5, 0.6) is 0 Å². The van der Waals surface area contributed by atoms with Crippen molar-refractivity contribution < 1.29 is 4.79 Å². The lowest BCUT2D eigenvalue weighted by atomic mass is 9.85. The maximum atomic E-state index is 12.2. The van der Waals surface area contributed by atoms with Gasteiger partial charge in [-0.2, -0.15) is 10.5 Å². The number of nitriles is 2. The Hall–Kier alpha value is -3.64. The molecule has 3 aromatic carbocycles. The topological polar surface area (TPSA) is 79.9 Å². The van der Waals surface area contributed by atoms with Gasteiger partial charge in [0, 0.05) is 42.7 Å². The Balaban J connectivity index is 1.88. The smallest absolute Gasteiger partial charge is 0.253 e. The molecule has 0 bridgehead atoms. The minimum atomic E-state index is -0.203. The van der Waals surface area contributed by atoms with Crippen LogP contribution in [0.3, 0.4) is 0 Å². The number of amides is 1. The molecule has 3 rings (SSSR count). The maximum absolute atomic E-state index is 12.2. The van der Waals surface area contributed by atoms with Crippen LogP contribution in [0, 0.1) is 22.7 Å². The molecular formula is C29H29ClN4O. The van der Waals surface area contributed by atoms with Gasteiger partial charge in [0.15, 0.2) is 0 Å². The van der Waals surface area contributed by atoms with Crippen LogP contribution in [-0.2, 0) is 6.42 Å². The van der Waals surface area contributed by atoms with Gasteiger partial charge in [-0.25, -0.2) is 0 Å². The van der Waals surface area contributed by atoms with E-state index in [0.29, 0.717) is 16.1 Å². The Kier molecular flexibility index (Phi) is 9.04.